The first kappa shape index (κ1) is 65.9. The van der Waals surface area contributed by atoms with Crippen LogP contribution in [-0.2, 0) is 0 Å². The molecule has 0 aliphatic heterocycles. The average Bonchev–Trinajstić information content (AvgIpc) is 4.23. The number of carbonyl (C=O) groups excluding carboxylic acids is 3. The van der Waals surface area contributed by atoms with Crippen LogP contribution in [0.1, 0.15) is 129 Å². The molecule has 0 unspecified atom stereocenters. The van der Waals surface area contributed by atoms with E-state index < -0.39 is 17.7 Å². The lowest BCUT2D eigenvalue weighted by molar-refractivity contribution is 0.101. The van der Waals surface area contributed by atoms with Gasteiger partial charge in [-0.1, -0.05) is 153 Å². The number of pyridine rings is 3. The number of para-hydroxylation sites is 3. The molecule has 6 N–H and O–H groups in total. The van der Waals surface area contributed by atoms with Crippen molar-refractivity contribution in [1.29, 1.82) is 0 Å². The van der Waals surface area contributed by atoms with Crippen molar-refractivity contribution in [3.8, 4) is 0 Å². The molecule has 0 fully saturated rings. The Morgan fingerprint density at radius 1 is 0.352 bits per heavy atom. The molecule has 15 heteroatoms. The van der Waals surface area contributed by atoms with Gasteiger partial charge in [-0.15, -0.1) is 34.0 Å². The number of nitrogens with one attached hydrogen (secondary N) is 6. The summed E-state index contributed by atoms with van der Waals surface area (Å²) in [5, 5.41) is 13.6. The van der Waals surface area contributed by atoms with Gasteiger partial charge in [-0.2, -0.15) is 0 Å². The number of fused-ring (bicyclic) bond motifs is 3. The van der Waals surface area contributed by atoms with Crippen molar-refractivity contribution in [2.24, 2.45) is 0 Å². The number of H-pyrrole nitrogens is 3. The minimum absolute atomic E-state index is 0. The van der Waals surface area contributed by atoms with E-state index in [0.29, 0.717) is 31.2 Å². The first-order valence-corrected chi connectivity index (χ1v) is 25.8. The molecule has 382 valence electrons. The average molecular weight is 1020 g/mol. The summed E-state index contributed by atoms with van der Waals surface area (Å²) in [4.78, 5) is 81.5. The van der Waals surface area contributed by atoms with E-state index in [1.54, 1.807) is 36.4 Å². The molecule has 9 aromatic rings. The third kappa shape index (κ3) is 19.3. The zero-order valence-corrected chi connectivity index (χ0v) is 44.0. The molecule has 12 nitrogen and oxygen atoms in total. The molecule has 3 amide bonds. The highest BCUT2D eigenvalue weighted by atomic mass is 32.1. The third-order valence-corrected chi connectivity index (χ3v) is 11.0. The fourth-order valence-corrected chi connectivity index (χ4v) is 7.91. The van der Waals surface area contributed by atoms with Crippen LogP contribution in [0.25, 0.3) is 30.6 Å². The summed E-state index contributed by atoms with van der Waals surface area (Å²) in [7, 11) is 0. The normalized spacial score (nSPS) is 8.96. The third-order valence-electron chi connectivity index (χ3n) is 8.29. The van der Waals surface area contributed by atoms with Crippen LogP contribution in [0.15, 0.2) is 158 Å². The van der Waals surface area contributed by atoms with Crippen molar-refractivity contribution in [2.45, 2.75) is 97.9 Å². The highest BCUT2D eigenvalue weighted by Crippen LogP contribution is 2.18. The minimum atomic E-state index is -0.400. The molecule has 0 atom stereocenters. The van der Waals surface area contributed by atoms with E-state index in [0.717, 1.165) is 16.6 Å². The molecule has 3 aromatic carbocycles. The Morgan fingerprint density at radius 3 is 0.775 bits per heavy atom. The van der Waals surface area contributed by atoms with Crippen LogP contribution in [0.3, 0.4) is 0 Å². The number of hydrogen-bond acceptors (Lipinski definition) is 9. The Kier molecular flexibility index (Phi) is 34.9. The Hall–Kier alpha value is -7.20. The summed E-state index contributed by atoms with van der Waals surface area (Å²) in [5.41, 5.74) is 3.92. The van der Waals surface area contributed by atoms with Crippen LogP contribution in [0.4, 0.5) is 17.1 Å². The molecule has 9 rings (SSSR count). The standard InChI is InChI=1S/3C14H10N2O2S.6C2H6.2CH4/c3*17-12-10(8-15-11-6-7-19-13(11)12)14(18)16-9-4-2-1-3-5-9;6*1-2;;/h3*1-8H,(H,15,17)(H,16,18);6*1-2H3;2*1H4. The SMILES string of the molecule is C.C.CC.CC.CC.CC.CC.CC.O=C(Nc1ccccc1)c1c[nH]c2ccsc2c1=O.O=C(Nc1ccccc1)c1c[nH]c2ccsc2c1=O.O=C(Nc1ccccc1)c1c[nH]c2ccsc2c1=O. The van der Waals surface area contributed by atoms with Gasteiger partial charge in [0.15, 0.2) is 0 Å². The maximum atomic E-state index is 12.2. The molecule has 6 heterocycles. The predicted molar refractivity (Wildman–Crippen MR) is 312 cm³/mol. The van der Waals surface area contributed by atoms with E-state index in [4.69, 9.17) is 0 Å². The van der Waals surface area contributed by atoms with Gasteiger partial charge in [-0.25, -0.2) is 0 Å². The van der Waals surface area contributed by atoms with E-state index in [1.165, 1.54) is 52.6 Å². The molecule has 0 saturated carbocycles. The molecule has 0 spiro atoms. The number of hydrogen-bond donors (Lipinski definition) is 6. The number of aromatic amines is 3. The van der Waals surface area contributed by atoms with Gasteiger partial charge >= 0.3 is 0 Å². The molecule has 0 aliphatic carbocycles. The monoisotopic (exact) mass is 1020 g/mol. The number of benzene rings is 3. The molecule has 6 aromatic heterocycles. The fourth-order valence-electron chi connectivity index (χ4n) is 5.48. The van der Waals surface area contributed by atoms with E-state index >= 15 is 0 Å². The van der Waals surface area contributed by atoms with Crippen LogP contribution in [0, 0.1) is 0 Å². The predicted octanol–water partition coefficient (Wildman–Crippen LogP) is 16.0. The first-order chi connectivity index (χ1) is 33.8. The van der Waals surface area contributed by atoms with E-state index in [9.17, 15) is 28.8 Å². The number of thiophene rings is 3. The summed E-state index contributed by atoms with van der Waals surface area (Å²) >= 11 is 3.98. The van der Waals surface area contributed by atoms with Crippen LogP contribution < -0.4 is 32.2 Å². The smallest absolute Gasteiger partial charge is 0.261 e. The summed E-state index contributed by atoms with van der Waals surface area (Å²) < 4.78 is 1.71. The van der Waals surface area contributed by atoms with Crippen LogP contribution in [-0.4, -0.2) is 32.7 Å². The molecule has 0 bridgehead atoms. The first-order valence-electron chi connectivity index (χ1n) is 23.1. The summed E-state index contributed by atoms with van der Waals surface area (Å²) in [5.74, 6) is -1.20. The van der Waals surface area contributed by atoms with Crippen LogP contribution >= 0.6 is 34.0 Å². The van der Waals surface area contributed by atoms with Gasteiger partial charge in [-0.3, -0.25) is 28.8 Å². The summed E-state index contributed by atoms with van der Waals surface area (Å²) in [6.45, 7) is 24.0. The molecular weight excluding hydrogens is 949 g/mol. The minimum Gasteiger partial charge on any atom is -0.359 e. The van der Waals surface area contributed by atoms with Gasteiger partial charge < -0.3 is 30.9 Å². The second-order valence-corrected chi connectivity index (χ2v) is 14.8. The van der Waals surface area contributed by atoms with Gasteiger partial charge in [0.2, 0.25) is 16.3 Å². The van der Waals surface area contributed by atoms with E-state index in [2.05, 4.69) is 30.9 Å². The number of anilines is 3. The van der Waals surface area contributed by atoms with E-state index in [1.807, 2.05) is 172 Å². The quantitative estimate of drug-likeness (QED) is 0.0962. The van der Waals surface area contributed by atoms with Gasteiger partial charge in [0.25, 0.3) is 17.7 Å². The second-order valence-electron chi connectivity index (χ2n) is 12.0. The van der Waals surface area contributed by atoms with Crippen molar-refractivity contribution in [2.75, 3.05) is 16.0 Å². The maximum absolute atomic E-state index is 12.2. The van der Waals surface area contributed by atoms with E-state index in [-0.39, 0.29) is 47.8 Å². The zero-order valence-electron chi connectivity index (χ0n) is 41.5. The van der Waals surface area contributed by atoms with Crippen molar-refractivity contribution >= 4 is 99.4 Å². The lowest BCUT2D eigenvalue weighted by Gasteiger charge is -2.04. The second kappa shape index (κ2) is 37.7. The Labute approximate surface area is 431 Å². The van der Waals surface area contributed by atoms with Crippen LogP contribution in [0.2, 0.25) is 0 Å². The molecule has 0 saturated heterocycles. The van der Waals surface area contributed by atoms with Gasteiger partial charge in [0.1, 0.15) is 16.7 Å². The van der Waals surface area contributed by atoms with Gasteiger partial charge in [-0.05, 0) is 70.7 Å². The number of carbonyl (C=O) groups is 3. The maximum Gasteiger partial charge on any atom is 0.261 e. The zero-order chi connectivity index (χ0) is 51.7. The summed E-state index contributed by atoms with van der Waals surface area (Å²) in [6.07, 6.45) is 4.36. The molecule has 0 radical (unpaired) electrons. The summed E-state index contributed by atoms with van der Waals surface area (Å²) in [6, 6.07) is 32.6. The highest BCUT2D eigenvalue weighted by molar-refractivity contribution is 7.17. The van der Waals surface area contributed by atoms with Crippen molar-refractivity contribution in [1.82, 2.24) is 15.0 Å². The fraction of sp³-hybridized carbons (Fsp3) is 0.250. The topological polar surface area (TPSA) is 186 Å². The van der Waals surface area contributed by atoms with Crippen molar-refractivity contribution < 1.29 is 14.4 Å². The highest BCUT2D eigenvalue weighted by Gasteiger charge is 2.16. The lowest BCUT2D eigenvalue weighted by Crippen LogP contribution is -2.21. The van der Waals surface area contributed by atoms with Gasteiger partial charge in [0, 0.05) is 35.7 Å². The number of amides is 3. The number of aromatic nitrogens is 3. The van der Waals surface area contributed by atoms with Crippen molar-refractivity contribution in [3.63, 3.8) is 0 Å². The Balaban J connectivity index is 0. The van der Waals surface area contributed by atoms with Crippen LogP contribution in [0.5, 0.6) is 0 Å². The molecular formula is C56H74N6O6S3. The Bertz CT molecular complexity index is 2700. The van der Waals surface area contributed by atoms with Gasteiger partial charge in [0.05, 0.1) is 30.6 Å². The number of rotatable bonds is 6. The molecule has 71 heavy (non-hydrogen) atoms. The van der Waals surface area contributed by atoms with Crippen molar-refractivity contribution in [3.05, 3.63) is 191 Å². The largest absolute Gasteiger partial charge is 0.359 e. The Morgan fingerprint density at radius 2 is 0.563 bits per heavy atom. The molecule has 0 aliphatic rings. The lowest BCUT2D eigenvalue weighted by atomic mass is 10.2.